The zero-order valence-corrected chi connectivity index (χ0v) is 59.4. The second kappa shape index (κ2) is 28.6. The molecule has 102 heavy (non-hydrogen) atoms. The fourth-order valence-electron chi connectivity index (χ4n) is 14.1. The molecule has 4 aliphatic rings. The molecule has 22 heteroatoms. The summed E-state index contributed by atoms with van der Waals surface area (Å²) in [5.41, 5.74) is 3.81. The van der Waals surface area contributed by atoms with Crippen LogP contribution in [0.3, 0.4) is 0 Å². The van der Waals surface area contributed by atoms with Crippen LogP contribution in [-0.4, -0.2) is 168 Å². The molecule has 0 bridgehead atoms. The minimum absolute atomic E-state index is 0.0216. The molecule has 524 valence electrons. The fraction of sp³-hybridized carbons (Fsp3) is 0.300. The highest BCUT2D eigenvalue weighted by molar-refractivity contribution is 6.45. The van der Waals surface area contributed by atoms with Gasteiger partial charge in [-0.25, -0.2) is 9.59 Å². The fourth-order valence-corrected chi connectivity index (χ4v) is 14.3. The number of carbonyl (C=O) groups excluding carboxylic acids is 8. The Morgan fingerprint density at radius 1 is 0.382 bits per heavy atom. The first-order valence-corrected chi connectivity index (χ1v) is 34.8. The van der Waals surface area contributed by atoms with Crippen LogP contribution in [0.5, 0.6) is 46.0 Å². The number of fused-ring (bicyclic) bond motifs is 2. The highest BCUT2D eigenvalue weighted by atomic mass is 35.5. The van der Waals surface area contributed by atoms with Crippen molar-refractivity contribution in [2.75, 3.05) is 78.7 Å². The van der Waals surface area contributed by atoms with Crippen molar-refractivity contribution in [1.29, 1.82) is 0 Å². The summed E-state index contributed by atoms with van der Waals surface area (Å²) in [6.45, 7) is 25.2. The molecule has 2 atom stereocenters. The van der Waals surface area contributed by atoms with Crippen molar-refractivity contribution in [1.82, 2.24) is 29.4 Å². The maximum atomic E-state index is 16.3. The third kappa shape index (κ3) is 13.3. The van der Waals surface area contributed by atoms with Gasteiger partial charge in [0, 0.05) is 109 Å². The average Bonchev–Trinajstić information content (AvgIpc) is 0.671. The normalized spacial score (nSPS) is 15.6. The summed E-state index contributed by atoms with van der Waals surface area (Å²) in [7, 11) is 0. The van der Waals surface area contributed by atoms with Crippen LogP contribution in [-0.2, 0) is 28.7 Å². The van der Waals surface area contributed by atoms with E-state index in [1.54, 1.807) is 110 Å². The number of hydrogen-bond donors (Lipinski definition) is 0. The van der Waals surface area contributed by atoms with Gasteiger partial charge >= 0.3 is 11.9 Å². The number of ether oxygens (including phenoxy) is 6. The van der Waals surface area contributed by atoms with E-state index in [2.05, 4.69) is 13.2 Å². The maximum absolute atomic E-state index is 16.3. The van der Waals surface area contributed by atoms with Crippen LogP contribution >= 0.6 is 23.2 Å². The molecule has 9 aromatic carbocycles. The van der Waals surface area contributed by atoms with Gasteiger partial charge in [-0.15, -0.1) is 0 Å². The Bertz CT molecular complexity index is 4390. The number of nitrogens with zero attached hydrogens (tertiary/aromatic N) is 6. The van der Waals surface area contributed by atoms with E-state index in [1.165, 1.54) is 0 Å². The quantitative estimate of drug-likeness (QED) is 0.0203. The van der Waals surface area contributed by atoms with E-state index < -0.39 is 71.3 Å². The van der Waals surface area contributed by atoms with Crippen LogP contribution in [0.25, 0.3) is 43.1 Å². The largest absolute Gasteiger partial charge is 0.460 e. The zero-order chi connectivity index (χ0) is 72.3. The van der Waals surface area contributed by atoms with Crippen LogP contribution in [0.2, 0.25) is 0 Å². The topological polar surface area (TPSA) is 211 Å². The molecule has 4 heterocycles. The van der Waals surface area contributed by atoms with Crippen LogP contribution in [0, 0.1) is 39.5 Å². The first-order chi connectivity index (χ1) is 48.8. The Morgan fingerprint density at radius 2 is 0.627 bits per heavy atom. The number of aryl methyl sites for hydroxylation is 4. The molecule has 0 radical (unpaired) electrons. The van der Waals surface area contributed by atoms with Crippen molar-refractivity contribution >= 4 is 114 Å². The molecular formula is C80H76Cl2N6O14. The Labute approximate surface area is 599 Å². The van der Waals surface area contributed by atoms with Gasteiger partial charge in [0.1, 0.15) is 81.4 Å². The maximum Gasteiger partial charge on any atom is 0.349 e. The van der Waals surface area contributed by atoms with Gasteiger partial charge in [0.15, 0.2) is 0 Å². The van der Waals surface area contributed by atoms with E-state index in [0.29, 0.717) is 94.6 Å². The highest BCUT2D eigenvalue weighted by Crippen LogP contribution is 2.58. The number of carbonyl (C=O) groups is 8. The van der Waals surface area contributed by atoms with E-state index in [1.807, 2.05) is 86.0 Å². The smallest absolute Gasteiger partial charge is 0.349 e. The van der Waals surface area contributed by atoms with Crippen molar-refractivity contribution in [2.45, 2.75) is 67.5 Å². The molecule has 0 aliphatic carbocycles. The number of rotatable bonds is 22. The third-order valence-corrected chi connectivity index (χ3v) is 19.7. The Kier molecular flexibility index (Phi) is 19.6. The predicted molar refractivity (Wildman–Crippen MR) is 389 cm³/mol. The van der Waals surface area contributed by atoms with Crippen molar-refractivity contribution in [3.8, 4) is 46.0 Å². The van der Waals surface area contributed by atoms with Gasteiger partial charge < -0.3 is 38.2 Å². The molecule has 9 aromatic rings. The van der Waals surface area contributed by atoms with E-state index in [-0.39, 0.29) is 105 Å². The van der Waals surface area contributed by atoms with Gasteiger partial charge in [-0.2, -0.15) is 0 Å². The molecular weight excluding hydrogens is 1340 g/mol. The summed E-state index contributed by atoms with van der Waals surface area (Å²) in [5, 5.41) is 1.69. The van der Waals surface area contributed by atoms with E-state index in [9.17, 15) is 9.59 Å². The second-order valence-corrected chi connectivity index (χ2v) is 28.0. The SMILES string of the molecule is C=C(Cl)C(=O)OCCN1CCN(C(=O)C(C(C)C)N2C(=O)c3cc(Oc4ccc(C)cc4)c4c5c(Oc6ccc(C)cc6)cc6c7c(cc(Oc8ccc(C)cc8)c(c8c(Oc9ccc(C)cc9)cc(c3c48)C2=O)c75)C(=O)N(C(C(=O)N2CCN(CCOC(=O)C(=C)Cl)CC2)C(C)C)C6=O)CC1. The van der Waals surface area contributed by atoms with Crippen LogP contribution in [0.4, 0.5) is 0 Å². The molecule has 0 spiro atoms. The number of piperazine rings is 2. The number of hydrogen-bond acceptors (Lipinski definition) is 16. The van der Waals surface area contributed by atoms with Crippen LogP contribution in [0.15, 0.2) is 145 Å². The Morgan fingerprint density at radius 3 is 0.853 bits per heavy atom. The van der Waals surface area contributed by atoms with E-state index >= 15 is 28.8 Å². The second-order valence-electron chi connectivity index (χ2n) is 27.1. The average molecular weight is 1420 g/mol. The Balaban J connectivity index is 1.06. The summed E-state index contributed by atoms with van der Waals surface area (Å²) >= 11 is 11.5. The third-order valence-electron chi connectivity index (χ3n) is 19.4. The molecule has 0 saturated carbocycles. The van der Waals surface area contributed by atoms with Crippen molar-refractivity contribution in [2.24, 2.45) is 11.8 Å². The first kappa shape index (κ1) is 70.1. The predicted octanol–water partition coefficient (Wildman–Crippen LogP) is 14.3. The number of imide groups is 2. The lowest BCUT2D eigenvalue weighted by Gasteiger charge is -2.41. The highest BCUT2D eigenvalue weighted by Gasteiger charge is 2.49. The van der Waals surface area contributed by atoms with Crippen LogP contribution < -0.4 is 18.9 Å². The van der Waals surface area contributed by atoms with Crippen LogP contribution in [0.1, 0.15) is 91.4 Å². The van der Waals surface area contributed by atoms with Crippen molar-refractivity contribution in [3.63, 3.8) is 0 Å². The lowest BCUT2D eigenvalue weighted by atomic mass is 9.80. The molecule has 13 rings (SSSR count). The standard InChI is InChI=1S/C80H76Cl2N6O14/c1-43(2)71(77(93)85-31-27-83(28-32-85)35-37-97-79(95)49(9)81)87-73(89)55-39-59(99-51-19-11-45(5)12-20-51)65-67-61(101-53-23-15-47(7)16-24-53)41-57-64-58(76(92)88(75(57)91)72(44(3)4)78(94)86-33-29-84(30-34-86)36-38-98-80(96)50(10)82)42-62(102-54-25-17-48(8)18-26-54)68(70(64)67)66-60(100-52-21-13-46(6)14-22-52)40-56(74(87)90)63(55)69(65)66/h11-26,39-44,71-72H,9-10,27-38H2,1-8H3. The summed E-state index contributed by atoms with van der Waals surface area (Å²) < 4.78 is 39.2. The molecule has 0 N–H and O–H groups in total. The number of esters is 2. The van der Waals surface area contributed by atoms with Gasteiger partial charge in [0.2, 0.25) is 11.8 Å². The van der Waals surface area contributed by atoms with Crippen molar-refractivity contribution in [3.05, 3.63) is 189 Å². The molecule has 0 aromatic heterocycles. The first-order valence-electron chi connectivity index (χ1n) is 34.0. The minimum atomic E-state index is -1.32. The van der Waals surface area contributed by atoms with Gasteiger partial charge in [-0.3, -0.25) is 48.4 Å². The van der Waals surface area contributed by atoms with Gasteiger partial charge in [-0.1, -0.05) is 135 Å². The molecule has 2 unspecified atom stereocenters. The minimum Gasteiger partial charge on any atom is -0.460 e. The van der Waals surface area contributed by atoms with E-state index in [4.69, 9.17) is 51.6 Å². The monoisotopic (exact) mass is 1410 g/mol. The van der Waals surface area contributed by atoms with Gasteiger partial charge in [0.05, 0.1) is 22.3 Å². The summed E-state index contributed by atoms with van der Waals surface area (Å²) in [4.78, 5) is 130. The summed E-state index contributed by atoms with van der Waals surface area (Å²) in [6, 6.07) is 33.1. The lowest BCUT2D eigenvalue weighted by Crippen LogP contribution is -2.59. The molecule has 20 nitrogen and oxygen atoms in total. The molecule has 4 aliphatic heterocycles. The Hall–Kier alpha value is -10.4. The van der Waals surface area contributed by atoms with Gasteiger partial charge in [-0.05, 0) is 112 Å². The van der Waals surface area contributed by atoms with Gasteiger partial charge in [0.25, 0.3) is 23.6 Å². The molecule has 6 amide bonds. The van der Waals surface area contributed by atoms with E-state index in [0.717, 1.165) is 32.1 Å². The lowest BCUT2D eigenvalue weighted by molar-refractivity contribution is -0.141. The number of benzene rings is 9. The molecule has 2 fully saturated rings. The number of halogens is 2. The zero-order valence-electron chi connectivity index (χ0n) is 57.9. The number of amides is 6. The molecule has 2 saturated heterocycles. The summed E-state index contributed by atoms with van der Waals surface area (Å²) in [5.74, 6) is -4.83. The summed E-state index contributed by atoms with van der Waals surface area (Å²) in [6.07, 6.45) is 0. The van der Waals surface area contributed by atoms with Crippen molar-refractivity contribution < 1.29 is 66.8 Å².